The summed E-state index contributed by atoms with van der Waals surface area (Å²) < 4.78 is 13.1. The van der Waals surface area contributed by atoms with Gasteiger partial charge >= 0.3 is 0 Å². The third-order valence-electron chi connectivity index (χ3n) is 4.36. The molecule has 134 valence electrons. The molecule has 3 aromatic carbocycles. The summed E-state index contributed by atoms with van der Waals surface area (Å²) in [4.78, 5) is 12.4. The minimum atomic E-state index is -0.447. The lowest BCUT2D eigenvalue weighted by Crippen LogP contribution is -2.39. The van der Waals surface area contributed by atoms with Crippen molar-refractivity contribution < 1.29 is 9.18 Å². The van der Waals surface area contributed by atoms with Gasteiger partial charge in [0.2, 0.25) is 5.91 Å². The molecule has 0 saturated heterocycles. The maximum absolute atomic E-state index is 13.1. The molecule has 0 unspecified atom stereocenters. The molecule has 0 heterocycles. The number of anilines is 1. The van der Waals surface area contributed by atoms with Crippen LogP contribution < -0.4 is 10.6 Å². The topological polar surface area (TPSA) is 41.1 Å². The third-order valence-corrected chi connectivity index (χ3v) is 4.67. The molecule has 3 aromatic rings. The molecule has 0 radical (unpaired) electrons. The number of halogens is 2. The summed E-state index contributed by atoms with van der Waals surface area (Å²) in [7, 11) is 0. The molecule has 5 heteroatoms. The Morgan fingerprint density at radius 2 is 1.73 bits per heavy atom. The van der Waals surface area contributed by atoms with E-state index in [2.05, 4.69) is 41.0 Å². The van der Waals surface area contributed by atoms with Crippen LogP contribution in [0.2, 0.25) is 5.02 Å². The molecular formula is C21H20ClFN2O. The fourth-order valence-corrected chi connectivity index (χ4v) is 3.07. The van der Waals surface area contributed by atoms with Gasteiger partial charge in [0.05, 0.1) is 16.8 Å². The first-order valence-corrected chi connectivity index (χ1v) is 8.82. The van der Waals surface area contributed by atoms with Crippen molar-refractivity contribution in [3.63, 3.8) is 0 Å². The van der Waals surface area contributed by atoms with Gasteiger partial charge < -0.3 is 5.32 Å². The summed E-state index contributed by atoms with van der Waals surface area (Å²) in [6, 6.07) is 17.8. The molecule has 3 rings (SSSR count). The summed E-state index contributed by atoms with van der Waals surface area (Å²) in [6.07, 6.45) is 0. The molecule has 2 atom stereocenters. The van der Waals surface area contributed by atoms with Gasteiger partial charge in [-0.25, -0.2) is 4.39 Å². The minimum Gasteiger partial charge on any atom is -0.323 e. The van der Waals surface area contributed by atoms with Crippen molar-refractivity contribution in [1.82, 2.24) is 5.32 Å². The largest absolute Gasteiger partial charge is 0.323 e. The summed E-state index contributed by atoms with van der Waals surface area (Å²) in [5.74, 6) is -0.671. The molecule has 0 aliphatic heterocycles. The first-order valence-electron chi connectivity index (χ1n) is 8.44. The molecule has 0 bridgehead atoms. The van der Waals surface area contributed by atoms with E-state index < -0.39 is 11.9 Å². The van der Waals surface area contributed by atoms with Gasteiger partial charge in [-0.3, -0.25) is 10.1 Å². The van der Waals surface area contributed by atoms with Crippen molar-refractivity contribution in [2.24, 2.45) is 0 Å². The number of nitrogens with one attached hydrogen (secondary N) is 2. The van der Waals surface area contributed by atoms with Crippen molar-refractivity contribution in [3.8, 4) is 0 Å². The van der Waals surface area contributed by atoms with Gasteiger partial charge in [-0.2, -0.15) is 0 Å². The molecule has 0 spiro atoms. The predicted molar refractivity (Wildman–Crippen MR) is 105 cm³/mol. The average molecular weight is 371 g/mol. The van der Waals surface area contributed by atoms with Gasteiger partial charge in [0.15, 0.2) is 0 Å². The summed E-state index contributed by atoms with van der Waals surface area (Å²) >= 11 is 5.96. The number of hydrogen-bond donors (Lipinski definition) is 2. The second-order valence-electron chi connectivity index (χ2n) is 6.33. The zero-order chi connectivity index (χ0) is 18.7. The quantitative estimate of drug-likeness (QED) is 0.639. The van der Waals surface area contributed by atoms with E-state index in [-0.39, 0.29) is 17.0 Å². The molecule has 0 aromatic heterocycles. The Morgan fingerprint density at radius 3 is 2.46 bits per heavy atom. The standard InChI is InChI=1S/C21H20ClFN2O/c1-13(16-8-7-15-5-3-4-6-17(15)11-16)24-14(2)21(26)25-20-10-9-18(23)12-19(20)22/h3-14,24H,1-2H3,(H,25,26)/t13-,14-/m1/s1. The van der Waals surface area contributed by atoms with Crippen molar-refractivity contribution in [2.75, 3.05) is 5.32 Å². The van der Waals surface area contributed by atoms with Crippen LogP contribution in [-0.2, 0) is 4.79 Å². The number of fused-ring (bicyclic) bond motifs is 1. The highest BCUT2D eigenvalue weighted by atomic mass is 35.5. The fraction of sp³-hybridized carbons (Fsp3) is 0.190. The van der Waals surface area contributed by atoms with E-state index in [1.54, 1.807) is 6.92 Å². The first kappa shape index (κ1) is 18.4. The maximum Gasteiger partial charge on any atom is 0.241 e. The van der Waals surface area contributed by atoms with Gasteiger partial charge in [-0.15, -0.1) is 0 Å². The molecule has 3 nitrogen and oxygen atoms in total. The first-order chi connectivity index (χ1) is 12.4. The van der Waals surface area contributed by atoms with E-state index in [9.17, 15) is 9.18 Å². The SMILES string of the molecule is C[C@@H](N[C@H](C)c1ccc2ccccc2c1)C(=O)Nc1ccc(F)cc1Cl. The van der Waals surface area contributed by atoms with Gasteiger partial charge in [0, 0.05) is 6.04 Å². The Balaban J connectivity index is 1.67. The summed E-state index contributed by atoms with van der Waals surface area (Å²) in [6.45, 7) is 3.79. The second kappa shape index (κ2) is 7.85. The van der Waals surface area contributed by atoms with E-state index >= 15 is 0 Å². The molecule has 0 fully saturated rings. The van der Waals surface area contributed by atoms with Gasteiger partial charge in [0.25, 0.3) is 0 Å². The number of rotatable bonds is 5. The zero-order valence-corrected chi connectivity index (χ0v) is 15.3. The average Bonchev–Trinajstić information content (AvgIpc) is 2.63. The highest BCUT2D eigenvalue weighted by molar-refractivity contribution is 6.33. The van der Waals surface area contributed by atoms with E-state index in [1.165, 1.54) is 23.6 Å². The van der Waals surface area contributed by atoms with Crippen molar-refractivity contribution in [2.45, 2.75) is 25.9 Å². The number of benzene rings is 3. The van der Waals surface area contributed by atoms with Crippen LogP contribution in [0.4, 0.5) is 10.1 Å². The van der Waals surface area contributed by atoms with Crippen LogP contribution in [0.1, 0.15) is 25.5 Å². The third kappa shape index (κ3) is 4.21. The van der Waals surface area contributed by atoms with Crippen LogP contribution in [0.25, 0.3) is 10.8 Å². The number of hydrogen-bond acceptors (Lipinski definition) is 2. The van der Waals surface area contributed by atoms with Gasteiger partial charge in [0.1, 0.15) is 5.82 Å². The van der Waals surface area contributed by atoms with Crippen LogP contribution in [-0.4, -0.2) is 11.9 Å². The molecule has 26 heavy (non-hydrogen) atoms. The van der Waals surface area contributed by atoms with Crippen LogP contribution in [0, 0.1) is 5.82 Å². The molecular weight excluding hydrogens is 351 g/mol. The fourth-order valence-electron chi connectivity index (χ4n) is 2.86. The monoisotopic (exact) mass is 370 g/mol. The maximum atomic E-state index is 13.1. The van der Waals surface area contributed by atoms with Crippen molar-refractivity contribution in [1.29, 1.82) is 0 Å². The Bertz CT molecular complexity index is 944. The second-order valence-corrected chi connectivity index (χ2v) is 6.74. The van der Waals surface area contributed by atoms with Crippen molar-refractivity contribution >= 4 is 34.0 Å². The van der Waals surface area contributed by atoms with Gasteiger partial charge in [-0.05, 0) is 54.4 Å². The highest BCUT2D eigenvalue weighted by Crippen LogP contribution is 2.23. The Morgan fingerprint density at radius 1 is 1.00 bits per heavy atom. The van der Waals surface area contributed by atoms with Crippen molar-refractivity contribution in [3.05, 3.63) is 77.1 Å². The molecule has 1 amide bonds. The Kier molecular flexibility index (Phi) is 5.55. The van der Waals surface area contributed by atoms with Crippen LogP contribution in [0.5, 0.6) is 0 Å². The lowest BCUT2D eigenvalue weighted by molar-refractivity contribution is -0.117. The summed E-state index contributed by atoms with van der Waals surface area (Å²) in [5, 5.41) is 8.52. The lowest BCUT2D eigenvalue weighted by atomic mass is 10.0. The smallest absolute Gasteiger partial charge is 0.241 e. The van der Waals surface area contributed by atoms with Crippen LogP contribution in [0.15, 0.2) is 60.7 Å². The molecule has 2 N–H and O–H groups in total. The van der Waals surface area contributed by atoms with E-state index in [4.69, 9.17) is 11.6 Å². The normalized spacial score (nSPS) is 13.4. The lowest BCUT2D eigenvalue weighted by Gasteiger charge is -2.20. The van der Waals surface area contributed by atoms with E-state index in [0.717, 1.165) is 10.9 Å². The Labute approximate surface area is 157 Å². The molecule has 0 aliphatic rings. The number of carbonyl (C=O) groups is 1. The predicted octanol–water partition coefficient (Wildman–Crippen LogP) is 5.31. The van der Waals surface area contributed by atoms with Crippen LogP contribution >= 0.6 is 11.6 Å². The zero-order valence-electron chi connectivity index (χ0n) is 14.6. The van der Waals surface area contributed by atoms with E-state index in [1.807, 2.05) is 19.1 Å². The van der Waals surface area contributed by atoms with Gasteiger partial charge in [-0.1, -0.05) is 48.0 Å². The number of carbonyl (C=O) groups excluding carboxylic acids is 1. The summed E-state index contributed by atoms with van der Waals surface area (Å²) in [5.41, 5.74) is 1.49. The Hall–Kier alpha value is -2.43. The van der Waals surface area contributed by atoms with Crippen LogP contribution in [0.3, 0.4) is 0 Å². The molecule has 0 saturated carbocycles. The molecule has 0 aliphatic carbocycles. The number of amides is 1. The minimum absolute atomic E-state index is 0.0101. The highest BCUT2D eigenvalue weighted by Gasteiger charge is 2.17. The van der Waals surface area contributed by atoms with E-state index in [0.29, 0.717) is 5.69 Å².